The minimum Gasteiger partial charge on any atom is -0.399 e. The second kappa shape index (κ2) is 5.27. The molecule has 2 aromatic rings. The first-order valence-electron chi connectivity index (χ1n) is 5.52. The number of hydrogen-bond acceptors (Lipinski definition) is 4. The number of nitrogens with zero attached hydrogens (tertiary/aromatic N) is 1. The third-order valence-electron chi connectivity index (χ3n) is 2.27. The van der Waals surface area contributed by atoms with Crippen molar-refractivity contribution in [3.63, 3.8) is 0 Å². The molecule has 1 aromatic heterocycles. The van der Waals surface area contributed by atoms with Gasteiger partial charge in [0.1, 0.15) is 0 Å². The number of fused-ring (bicyclic) bond motifs is 1. The number of aromatic nitrogens is 1. The van der Waals surface area contributed by atoms with Crippen molar-refractivity contribution >= 4 is 27.2 Å². The number of ether oxygens (including phenoxy) is 1. The third kappa shape index (κ3) is 2.71. The molecule has 0 amide bonds. The monoisotopic (exact) mass is 236 g/mol. The first kappa shape index (κ1) is 11.4. The van der Waals surface area contributed by atoms with Crippen molar-refractivity contribution in [2.24, 2.45) is 0 Å². The Morgan fingerprint density at radius 3 is 3.06 bits per heavy atom. The predicted molar refractivity (Wildman–Crippen MR) is 68.8 cm³/mol. The van der Waals surface area contributed by atoms with E-state index in [-0.39, 0.29) is 0 Å². The molecule has 0 aliphatic carbocycles. The van der Waals surface area contributed by atoms with Crippen LogP contribution >= 0.6 is 11.3 Å². The summed E-state index contributed by atoms with van der Waals surface area (Å²) in [7, 11) is 0. The standard InChI is InChI=1S/C12H16N2OS/c1-2-6-15-7-5-12-14-10-4-3-9(13)8-11(10)16-12/h3-4,8H,2,5-7,13H2,1H3. The van der Waals surface area contributed by atoms with E-state index in [2.05, 4.69) is 11.9 Å². The minimum absolute atomic E-state index is 0.753. The Kier molecular flexibility index (Phi) is 3.74. The summed E-state index contributed by atoms with van der Waals surface area (Å²) in [4.78, 5) is 4.53. The molecule has 0 radical (unpaired) electrons. The molecular weight excluding hydrogens is 220 g/mol. The first-order valence-corrected chi connectivity index (χ1v) is 6.34. The highest BCUT2D eigenvalue weighted by atomic mass is 32.1. The molecule has 1 heterocycles. The SMILES string of the molecule is CCCOCCc1nc2ccc(N)cc2s1. The van der Waals surface area contributed by atoms with Crippen molar-refractivity contribution in [1.29, 1.82) is 0 Å². The minimum atomic E-state index is 0.753. The van der Waals surface area contributed by atoms with Crippen molar-refractivity contribution in [2.75, 3.05) is 18.9 Å². The molecule has 1 aromatic carbocycles. The molecule has 16 heavy (non-hydrogen) atoms. The average Bonchev–Trinajstić information content (AvgIpc) is 2.66. The quantitative estimate of drug-likeness (QED) is 0.641. The highest BCUT2D eigenvalue weighted by Gasteiger charge is 2.03. The number of rotatable bonds is 5. The molecular formula is C12H16N2OS. The predicted octanol–water partition coefficient (Wildman–Crippen LogP) is 2.85. The zero-order chi connectivity index (χ0) is 11.4. The Morgan fingerprint density at radius 1 is 1.38 bits per heavy atom. The van der Waals surface area contributed by atoms with Gasteiger partial charge < -0.3 is 10.5 Å². The summed E-state index contributed by atoms with van der Waals surface area (Å²) in [6, 6.07) is 5.83. The van der Waals surface area contributed by atoms with Gasteiger partial charge in [0.25, 0.3) is 0 Å². The maximum atomic E-state index is 5.73. The molecule has 86 valence electrons. The van der Waals surface area contributed by atoms with Crippen LogP contribution in [-0.2, 0) is 11.2 Å². The average molecular weight is 236 g/mol. The van der Waals surface area contributed by atoms with Crippen LogP contribution in [0.15, 0.2) is 18.2 Å². The number of hydrogen-bond donors (Lipinski definition) is 1. The van der Waals surface area contributed by atoms with Crippen LogP contribution < -0.4 is 5.73 Å². The van der Waals surface area contributed by atoms with Crippen LogP contribution in [0.3, 0.4) is 0 Å². The van der Waals surface area contributed by atoms with Crippen molar-refractivity contribution in [2.45, 2.75) is 19.8 Å². The molecule has 3 nitrogen and oxygen atoms in total. The Labute approximate surface area is 99.3 Å². The Morgan fingerprint density at radius 2 is 2.25 bits per heavy atom. The number of nitrogens with two attached hydrogens (primary N) is 1. The molecule has 0 saturated heterocycles. The lowest BCUT2D eigenvalue weighted by Crippen LogP contribution is -1.98. The molecule has 0 spiro atoms. The summed E-state index contributed by atoms with van der Waals surface area (Å²) in [5, 5.41) is 1.12. The Balaban J connectivity index is 2.02. The molecule has 2 N–H and O–H groups in total. The van der Waals surface area contributed by atoms with Gasteiger partial charge in [0.05, 0.1) is 21.8 Å². The topological polar surface area (TPSA) is 48.1 Å². The maximum absolute atomic E-state index is 5.73. The second-order valence-corrected chi connectivity index (χ2v) is 4.81. The van der Waals surface area contributed by atoms with E-state index in [0.717, 1.165) is 47.0 Å². The number of benzene rings is 1. The first-order chi connectivity index (χ1) is 7.79. The number of thiazole rings is 1. The summed E-state index contributed by atoms with van der Waals surface area (Å²) < 4.78 is 6.61. The molecule has 0 aliphatic rings. The highest BCUT2D eigenvalue weighted by molar-refractivity contribution is 7.18. The smallest absolute Gasteiger partial charge is 0.0961 e. The van der Waals surface area contributed by atoms with E-state index in [9.17, 15) is 0 Å². The third-order valence-corrected chi connectivity index (χ3v) is 3.34. The molecule has 0 unspecified atom stereocenters. The Hall–Kier alpha value is -1.13. The largest absolute Gasteiger partial charge is 0.399 e. The lowest BCUT2D eigenvalue weighted by atomic mass is 10.3. The van der Waals surface area contributed by atoms with Gasteiger partial charge in [0, 0.05) is 18.7 Å². The van der Waals surface area contributed by atoms with Gasteiger partial charge in [-0.2, -0.15) is 0 Å². The van der Waals surface area contributed by atoms with Crippen molar-refractivity contribution in [3.05, 3.63) is 23.2 Å². The Bertz CT molecular complexity index is 467. The molecule has 0 saturated carbocycles. The van der Waals surface area contributed by atoms with E-state index in [1.165, 1.54) is 0 Å². The fraction of sp³-hybridized carbons (Fsp3) is 0.417. The van der Waals surface area contributed by atoms with Gasteiger partial charge in [-0.1, -0.05) is 6.92 Å². The van der Waals surface area contributed by atoms with Gasteiger partial charge in [0.2, 0.25) is 0 Å². The van der Waals surface area contributed by atoms with Crippen LogP contribution in [-0.4, -0.2) is 18.2 Å². The van der Waals surface area contributed by atoms with Crippen molar-refractivity contribution < 1.29 is 4.74 Å². The van der Waals surface area contributed by atoms with Crippen molar-refractivity contribution in [3.8, 4) is 0 Å². The van der Waals surface area contributed by atoms with Gasteiger partial charge >= 0.3 is 0 Å². The van der Waals surface area contributed by atoms with Crippen LogP contribution in [0.1, 0.15) is 18.4 Å². The molecule has 0 bridgehead atoms. The second-order valence-electron chi connectivity index (χ2n) is 3.70. The van der Waals surface area contributed by atoms with Gasteiger partial charge in [-0.25, -0.2) is 4.98 Å². The molecule has 0 fully saturated rings. The fourth-order valence-corrected chi connectivity index (χ4v) is 2.50. The van der Waals surface area contributed by atoms with Crippen LogP contribution in [0.4, 0.5) is 5.69 Å². The zero-order valence-electron chi connectivity index (χ0n) is 9.40. The van der Waals surface area contributed by atoms with Crippen molar-refractivity contribution in [1.82, 2.24) is 4.98 Å². The molecule has 2 rings (SSSR count). The number of anilines is 1. The van der Waals surface area contributed by atoms with E-state index in [1.54, 1.807) is 11.3 Å². The van der Waals surface area contributed by atoms with Crippen LogP contribution in [0, 0.1) is 0 Å². The lowest BCUT2D eigenvalue weighted by molar-refractivity contribution is 0.138. The summed E-state index contributed by atoms with van der Waals surface area (Å²) in [6.45, 7) is 3.70. The van der Waals surface area contributed by atoms with E-state index in [1.807, 2.05) is 18.2 Å². The van der Waals surface area contributed by atoms with E-state index >= 15 is 0 Å². The summed E-state index contributed by atoms with van der Waals surface area (Å²) in [6.07, 6.45) is 1.95. The molecule has 0 aliphatic heterocycles. The van der Waals surface area contributed by atoms with Crippen LogP contribution in [0.25, 0.3) is 10.2 Å². The van der Waals surface area contributed by atoms with Gasteiger partial charge in [-0.15, -0.1) is 11.3 Å². The normalized spacial score (nSPS) is 11.1. The summed E-state index contributed by atoms with van der Waals surface area (Å²) in [5.74, 6) is 0. The number of nitrogen functional groups attached to an aromatic ring is 1. The maximum Gasteiger partial charge on any atom is 0.0961 e. The van der Waals surface area contributed by atoms with E-state index in [0.29, 0.717) is 0 Å². The van der Waals surface area contributed by atoms with Gasteiger partial charge in [-0.05, 0) is 24.6 Å². The molecule has 0 atom stereocenters. The van der Waals surface area contributed by atoms with E-state index in [4.69, 9.17) is 10.5 Å². The summed E-state index contributed by atoms with van der Waals surface area (Å²) in [5.41, 5.74) is 7.56. The van der Waals surface area contributed by atoms with Crippen LogP contribution in [0.2, 0.25) is 0 Å². The highest BCUT2D eigenvalue weighted by Crippen LogP contribution is 2.24. The van der Waals surface area contributed by atoms with Gasteiger partial charge in [0.15, 0.2) is 0 Å². The van der Waals surface area contributed by atoms with Gasteiger partial charge in [-0.3, -0.25) is 0 Å². The fourth-order valence-electron chi connectivity index (χ4n) is 1.50. The van der Waals surface area contributed by atoms with Crippen LogP contribution in [0.5, 0.6) is 0 Å². The lowest BCUT2D eigenvalue weighted by Gasteiger charge is -1.98. The zero-order valence-corrected chi connectivity index (χ0v) is 10.2. The molecule has 4 heteroatoms. The summed E-state index contributed by atoms with van der Waals surface area (Å²) >= 11 is 1.70. The van der Waals surface area contributed by atoms with E-state index < -0.39 is 0 Å².